The normalized spacial score (nSPS) is 16.5. The lowest BCUT2D eigenvalue weighted by Crippen LogP contribution is -2.55. The van der Waals surface area contributed by atoms with Crippen LogP contribution < -0.4 is 4.74 Å². The molecule has 1 saturated heterocycles. The predicted octanol–water partition coefficient (Wildman–Crippen LogP) is 5.74. The van der Waals surface area contributed by atoms with Crippen molar-refractivity contribution in [3.8, 4) is 5.75 Å². The summed E-state index contributed by atoms with van der Waals surface area (Å²) >= 11 is 0. The minimum atomic E-state index is -0.643. The highest BCUT2D eigenvalue weighted by Crippen LogP contribution is 2.30. The first kappa shape index (κ1) is 25.9. The molecule has 1 aliphatic heterocycles. The molecule has 1 aromatic heterocycles. The van der Waals surface area contributed by atoms with Crippen molar-refractivity contribution < 1.29 is 9.84 Å². The van der Waals surface area contributed by atoms with E-state index >= 15 is 0 Å². The number of pyridine rings is 1. The molecule has 38 heavy (non-hydrogen) atoms. The van der Waals surface area contributed by atoms with Gasteiger partial charge in [-0.3, -0.25) is 14.8 Å². The SMILES string of the molecule is CC(O)C(Oc1ccccc1C=Cc1cccnc1)N1CCN(C(c2ccccc2)c2ccccc2)CC1. The molecule has 3 aromatic carbocycles. The van der Waals surface area contributed by atoms with Crippen LogP contribution >= 0.6 is 0 Å². The van der Waals surface area contributed by atoms with Crippen LogP contribution in [-0.4, -0.2) is 58.4 Å². The first-order chi connectivity index (χ1) is 18.7. The number of hydrogen-bond acceptors (Lipinski definition) is 5. The molecule has 2 atom stereocenters. The number of benzene rings is 3. The van der Waals surface area contributed by atoms with Crippen LogP contribution in [0.4, 0.5) is 0 Å². The van der Waals surface area contributed by atoms with Gasteiger partial charge < -0.3 is 9.84 Å². The van der Waals surface area contributed by atoms with E-state index in [1.54, 1.807) is 6.20 Å². The second-order valence-electron chi connectivity index (χ2n) is 9.70. The van der Waals surface area contributed by atoms with Gasteiger partial charge in [-0.2, -0.15) is 0 Å². The fourth-order valence-electron chi connectivity index (χ4n) is 5.13. The van der Waals surface area contributed by atoms with E-state index in [1.807, 2.05) is 61.7 Å². The maximum absolute atomic E-state index is 10.7. The summed E-state index contributed by atoms with van der Waals surface area (Å²) < 4.78 is 6.49. The Morgan fingerprint density at radius 2 is 1.34 bits per heavy atom. The van der Waals surface area contributed by atoms with Crippen LogP contribution in [0, 0.1) is 0 Å². The number of piperazine rings is 1. The molecule has 1 N–H and O–H groups in total. The first-order valence-corrected chi connectivity index (χ1v) is 13.3. The number of aliphatic hydroxyl groups excluding tert-OH is 1. The molecule has 0 saturated carbocycles. The Kier molecular flexibility index (Phi) is 8.61. The number of hydrogen-bond donors (Lipinski definition) is 1. The molecule has 0 bridgehead atoms. The molecular weight excluding hydrogens is 470 g/mol. The molecule has 5 nitrogen and oxygen atoms in total. The fourth-order valence-corrected chi connectivity index (χ4v) is 5.13. The van der Waals surface area contributed by atoms with E-state index in [9.17, 15) is 5.11 Å². The smallest absolute Gasteiger partial charge is 0.178 e. The molecule has 1 fully saturated rings. The van der Waals surface area contributed by atoms with Crippen LogP contribution in [0.1, 0.15) is 35.2 Å². The van der Waals surface area contributed by atoms with E-state index in [4.69, 9.17) is 4.74 Å². The molecule has 2 heterocycles. The molecule has 2 unspecified atom stereocenters. The topological polar surface area (TPSA) is 48.8 Å². The van der Waals surface area contributed by atoms with Crippen LogP contribution in [-0.2, 0) is 0 Å². The molecular formula is C33H35N3O2. The predicted molar refractivity (Wildman–Crippen MR) is 154 cm³/mol. The van der Waals surface area contributed by atoms with Crippen LogP contribution in [0.15, 0.2) is 109 Å². The zero-order valence-corrected chi connectivity index (χ0v) is 21.8. The fraction of sp³-hybridized carbons (Fsp3) is 0.242. The third kappa shape index (κ3) is 6.37. The lowest BCUT2D eigenvalue weighted by Gasteiger charge is -2.43. The summed E-state index contributed by atoms with van der Waals surface area (Å²) in [6.45, 7) is 5.17. The van der Waals surface area contributed by atoms with E-state index in [0.717, 1.165) is 43.1 Å². The minimum absolute atomic E-state index is 0.198. The summed E-state index contributed by atoms with van der Waals surface area (Å²) in [4.78, 5) is 8.98. The quantitative estimate of drug-likeness (QED) is 0.314. The monoisotopic (exact) mass is 505 g/mol. The van der Waals surface area contributed by atoms with Crippen molar-refractivity contribution in [3.63, 3.8) is 0 Å². The Hall–Kier alpha value is -3.77. The van der Waals surface area contributed by atoms with Gasteiger partial charge >= 0.3 is 0 Å². The molecule has 5 heteroatoms. The highest BCUT2D eigenvalue weighted by atomic mass is 16.5. The zero-order chi connectivity index (χ0) is 26.2. The van der Waals surface area contributed by atoms with Gasteiger partial charge in [0.2, 0.25) is 0 Å². The molecule has 5 rings (SSSR count). The van der Waals surface area contributed by atoms with Gasteiger partial charge in [-0.1, -0.05) is 97.1 Å². The number of aromatic nitrogens is 1. The number of nitrogens with zero attached hydrogens (tertiary/aromatic N) is 3. The minimum Gasteiger partial charge on any atom is -0.472 e. The van der Waals surface area contributed by atoms with Crippen LogP contribution in [0.25, 0.3) is 12.2 Å². The van der Waals surface area contributed by atoms with Crippen molar-refractivity contribution >= 4 is 12.2 Å². The summed E-state index contributed by atoms with van der Waals surface area (Å²) in [5, 5.41) is 10.7. The van der Waals surface area contributed by atoms with Gasteiger partial charge in [-0.25, -0.2) is 0 Å². The van der Waals surface area contributed by atoms with Gasteiger partial charge in [0.05, 0.1) is 6.04 Å². The van der Waals surface area contributed by atoms with Gasteiger partial charge in [0.1, 0.15) is 11.9 Å². The number of ether oxygens (including phenoxy) is 1. The molecule has 1 aliphatic rings. The lowest BCUT2D eigenvalue weighted by molar-refractivity contribution is -0.0770. The molecule has 0 radical (unpaired) electrons. The maximum atomic E-state index is 10.7. The Labute approximate surface area is 225 Å². The van der Waals surface area contributed by atoms with Gasteiger partial charge in [-0.15, -0.1) is 0 Å². The van der Waals surface area contributed by atoms with Gasteiger partial charge in [0, 0.05) is 44.1 Å². The van der Waals surface area contributed by atoms with Gasteiger partial charge in [-0.05, 0) is 35.7 Å². The van der Waals surface area contributed by atoms with E-state index in [2.05, 4.69) is 75.4 Å². The van der Waals surface area contributed by atoms with Crippen LogP contribution in [0.5, 0.6) is 5.75 Å². The van der Waals surface area contributed by atoms with Gasteiger partial charge in [0.15, 0.2) is 6.23 Å². The third-order valence-corrected chi connectivity index (χ3v) is 7.02. The zero-order valence-electron chi connectivity index (χ0n) is 21.8. The average Bonchev–Trinajstić information content (AvgIpc) is 2.97. The van der Waals surface area contributed by atoms with Crippen molar-refractivity contribution in [2.24, 2.45) is 0 Å². The van der Waals surface area contributed by atoms with Crippen molar-refractivity contribution in [1.29, 1.82) is 0 Å². The second-order valence-corrected chi connectivity index (χ2v) is 9.70. The van der Waals surface area contributed by atoms with Crippen LogP contribution in [0.3, 0.4) is 0 Å². The average molecular weight is 506 g/mol. The standard InChI is InChI=1S/C33H35N3O2/c1-26(37)33(38-31-17-9-8-12-28(31)19-18-27-11-10-20-34-25-27)36-23-21-35(22-24-36)32(29-13-4-2-5-14-29)30-15-6-3-7-16-30/h2-20,25-26,32-33,37H,21-24H2,1H3. The largest absolute Gasteiger partial charge is 0.472 e. The molecule has 0 spiro atoms. The van der Waals surface area contributed by atoms with Crippen LogP contribution in [0.2, 0.25) is 0 Å². The summed E-state index contributed by atoms with van der Waals surface area (Å²) in [6, 6.07) is 33.5. The summed E-state index contributed by atoms with van der Waals surface area (Å²) in [5.41, 5.74) is 4.58. The maximum Gasteiger partial charge on any atom is 0.178 e. The highest BCUT2D eigenvalue weighted by molar-refractivity contribution is 5.72. The highest BCUT2D eigenvalue weighted by Gasteiger charge is 2.32. The van der Waals surface area contributed by atoms with Crippen molar-refractivity contribution in [3.05, 3.63) is 132 Å². The Morgan fingerprint density at radius 1 is 0.737 bits per heavy atom. The number of aliphatic hydroxyl groups is 1. The number of rotatable bonds is 9. The second kappa shape index (κ2) is 12.7. The number of para-hydroxylation sites is 1. The Morgan fingerprint density at radius 3 is 1.95 bits per heavy atom. The van der Waals surface area contributed by atoms with E-state index < -0.39 is 12.3 Å². The lowest BCUT2D eigenvalue weighted by atomic mass is 9.96. The van der Waals surface area contributed by atoms with Gasteiger partial charge in [0.25, 0.3) is 0 Å². The molecule has 194 valence electrons. The van der Waals surface area contributed by atoms with E-state index in [1.165, 1.54) is 11.1 Å². The summed E-state index contributed by atoms with van der Waals surface area (Å²) in [5.74, 6) is 0.757. The van der Waals surface area contributed by atoms with Crippen molar-refractivity contribution in [1.82, 2.24) is 14.8 Å². The van der Waals surface area contributed by atoms with E-state index in [0.29, 0.717) is 0 Å². The summed E-state index contributed by atoms with van der Waals surface area (Å²) in [7, 11) is 0. The van der Waals surface area contributed by atoms with Crippen molar-refractivity contribution in [2.45, 2.75) is 25.3 Å². The van der Waals surface area contributed by atoms with Crippen molar-refractivity contribution in [2.75, 3.05) is 26.2 Å². The Bertz CT molecular complexity index is 1250. The molecule has 0 amide bonds. The first-order valence-electron chi connectivity index (χ1n) is 13.3. The third-order valence-electron chi connectivity index (χ3n) is 7.02. The summed E-state index contributed by atoms with van der Waals surface area (Å²) in [6.07, 6.45) is 6.58. The molecule has 0 aliphatic carbocycles. The Balaban J connectivity index is 1.30. The van der Waals surface area contributed by atoms with E-state index in [-0.39, 0.29) is 6.04 Å². The molecule has 4 aromatic rings.